The van der Waals surface area contributed by atoms with Crippen molar-refractivity contribution in [2.45, 2.75) is 44.4 Å². The molecule has 7 heteroatoms. The van der Waals surface area contributed by atoms with Gasteiger partial charge in [0.25, 0.3) is 5.91 Å². The predicted molar refractivity (Wildman–Crippen MR) is 101 cm³/mol. The van der Waals surface area contributed by atoms with Gasteiger partial charge in [-0.3, -0.25) is 9.59 Å². The van der Waals surface area contributed by atoms with E-state index in [1.165, 1.54) is 7.11 Å². The molecule has 6 nitrogen and oxygen atoms in total. The summed E-state index contributed by atoms with van der Waals surface area (Å²) in [6, 6.07) is 9.62. The molecule has 1 unspecified atom stereocenters. The SMILES string of the molecule is COCCNC(=O)[C@H](CCC(C)(F)C(N)=O)C[C@@H](O)[CH]Cc1ccccc1. The molecular formula is C20H30FN2O4. The van der Waals surface area contributed by atoms with E-state index in [2.05, 4.69) is 5.32 Å². The summed E-state index contributed by atoms with van der Waals surface area (Å²) in [5.74, 6) is -2.00. The fraction of sp³-hybridized carbons (Fsp3) is 0.550. The highest BCUT2D eigenvalue weighted by atomic mass is 19.1. The van der Waals surface area contributed by atoms with Crippen LogP contribution in [0.3, 0.4) is 0 Å². The fourth-order valence-electron chi connectivity index (χ4n) is 2.62. The third-order valence-corrected chi connectivity index (χ3v) is 4.45. The normalized spacial score (nSPS) is 15.6. The number of ether oxygens (including phenoxy) is 1. The zero-order valence-corrected chi connectivity index (χ0v) is 16.0. The van der Waals surface area contributed by atoms with Crippen LogP contribution in [-0.4, -0.2) is 49.0 Å². The van der Waals surface area contributed by atoms with Crippen molar-refractivity contribution < 1.29 is 23.8 Å². The number of benzene rings is 1. The van der Waals surface area contributed by atoms with Crippen molar-refractivity contribution in [2.24, 2.45) is 11.7 Å². The second kappa shape index (κ2) is 11.7. The molecule has 0 heterocycles. The van der Waals surface area contributed by atoms with Crippen molar-refractivity contribution in [3.63, 3.8) is 0 Å². The van der Waals surface area contributed by atoms with E-state index >= 15 is 0 Å². The topological polar surface area (TPSA) is 102 Å². The molecule has 0 saturated carbocycles. The predicted octanol–water partition coefficient (Wildman–Crippen LogP) is 1.56. The Morgan fingerprint density at radius 1 is 1.37 bits per heavy atom. The van der Waals surface area contributed by atoms with Crippen LogP contribution >= 0.6 is 0 Å². The van der Waals surface area contributed by atoms with E-state index in [-0.39, 0.29) is 25.2 Å². The smallest absolute Gasteiger partial charge is 0.254 e. The maximum Gasteiger partial charge on any atom is 0.254 e. The molecule has 1 aromatic rings. The molecule has 1 radical (unpaired) electrons. The van der Waals surface area contributed by atoms with Crippen molar-refractivity contribution in [3.8, 4) is 0 Å². The van der Waals surface area contributed by atoms with E-state index in [4.69, 9.17) is 10.5 Å². The number of nitrogens with one attached hydrogen (secondary N) is 1. The van der Waals surface area contributed by atoms with E-state index < -0.39 is 23.6 Å². The van der Waals surface area contributed by atoms with Crippen LogP contribution in [0.15, 0.2) is 30.3 Å². The van der Waals surface area contributed by atoms with Gasteiger partial charge in [-0.2, -0.15) is 0 Å². The van der Waals surface area contributed by atoms with Gasteiger partial charge >= 0.3 is 0 Å². The Morgan fingerprint density at radius 2 is 2.04 bits per heavy atom. The van der Waals surface area contributed by atoms with Crippen molar-refractivity contribution in [1.82, 2.24) is 5.32 Å². The van der Waals surface area contributed by atoms with E-state index in [0.717, 1.165) is 12.5 Å². The van der Waals surface area contributed by atoms with Crippen molar-refractivity contribution >= 4 is 11.8 Å². The number of carbonyl (C=O) groups excluding carboxylic acids is 2. The zero-order chi connectivity index (χ0) is 20.3. The molecular weight excluding hydrogens is 351 g/mol. The van der Waals surface area contributed by atoms with Gasteiger partial charge in [-0.25, -0.2) is 4.39 Å². The number of amides is 2. The molecule has 0 spiro atoms. The Hall–Kier alpha value is -1.99. The van der Waals surface area contributed by atoms with Gasteiger partial charge in [-0.15, -0.1) is 0 Å². The van der Waals surface area contributed by atoms with Crippen LogP contribution in [0.5, 0.6) is 0 Å². The second-order valence-corrected chi connectivity index (χ2v) is 6.81. The molecule has 1 rings (SSSR count). The molecule has 0 aliphatic carbocycles. The van der Waals surface area contributed by atoms with Crippen molar-refractivity contribution in [1.29, 1.82) is 0 Å². The third-order valence-electron chi connectivity index (χ3n) is 4.45. The summed E-state index contributed by atoms with van der Waals surface area (Å²) in [6.45, 7) is 1.77. The van der Waals surface area contributed by atoms with E-state index in [0.29, 0.717) is 19.6 Å². The van der Waals surface area contributed by atoms with E-state index in [1.807, 2.05) is 30.3 Å². The van der Waals surface area contributed by atoms with Gasteiger partial charge in [0, 0.05) is 19.6 Å². The zero-order valence-electron chi connectivity index (χ0n) is 16.0. The maximum absolute atomic E-state index is 14.2. The molecule has 27 heavy (non-hydrogen) atoms. The fourth-order valence-corrected chi connectivity index (χ4v) is 2.62. The second-order valence-electron chi connectivity index (χ2n) is 6.81. The minimum absolute atomic E-state index is 0.102. The summed E-state index contributed by atoms with van der Waals surface area (Å²) in [4.78, 5) is 23.6. The number of alkyl halides is 1. The van der Waals surface area contributed by atoms with Gasteiger partial charge in [0.1, 0.15) is 0 Å². The summed E-state index contributed by atoms with van der Waals surface area (Å²) < 4.78 is 19.0. The van der Waals surface area contributed by atoms with Crippen LogP contribution in [0.2, 0.25) is 0 Å². The van der Waals surface area contributed by atoms with Crippen LogP contribution in [-0.2, 0) is 20.7 Å². The first-order valence-corrected chi connectivity index (χ1v) is 9.07. The number of rotatable bonds is 13. The van der Waals surface area contributed by atoms with Crippen LogP contribution in [0.1, 0.15) is 31.7 Å². The lowest BCUT2D eigenvalue weighted by Gasteiger charge is -2.23. The van der Waals surface area contributed by atoms with E-state index in [1.54, 1.807) is 6.42 Å². The number of hydrogen-bond donors (Lipinski definition) is 3. The Kier molecular flexibility index (Phi) is 9.96. The largest absolute Gasteiger partial charge is 0.393 e. The summed E-state index contributed by atoms with van der Waals surface area (Å²) in [7, 11) is 1.52. The van der Waals surface area contributed by atoms with Gasteiger partial charge in [-0.1, -0.05) is 30.3 Å². The summed E-state index contributed by atoms with van der Waals surface area (Å²) in [6.07, 6.45) is 1.50. The summed E-state index contributed by atoms with van der Waals surface area (Å²) >= 11 is 0. The molecule has 4 N–H and O–H groups in total. The van der Waals surface area contributed by atoms with Gasteiger partial charge in [0.2, 0.25) is 5.91 Å². The molecule has 0 aliphatic rings. The quantitative estimate of drug-likeness (QED) is 0.451. The number of halogens is 1. The average molecular weight is 381 g/mol. The van der Waals surface area contributed by atoms with Gasteiger partial charge < -0.3 is 20.9 Å². The summed E-state index contributed by atoms with van der Waals surface area (Å²) in [5.41, 5.74) is 3.91. The molecule has 0 aliphatic heterocycles. The number of primary amides is 1. The maximum atomic E-state index is 14.2. The Labute approximate surface area is 160 Å². The third kappa shape index (κ3) is 8.97. The van der Waals surface area contributed by atoms with Gasteiger partial charge in [-0.05, 0) is 44.6 Å². The number of methoxy groups -OCH3 is 1. The first-order valence-electron chi connectivity index (χ1n) is 9.07. The lowest BCUT2D eigenvalue weighted by Crippen LogP contribution is -2.39. The Bertz CT molecular complexity index is 581. The Morgan fingerprint density at radius 3 is 2.63 bits per heavy atom. The van der Waals surface area contributed by atoms with Crippen LogP contribution in [0, 0.1) is 12.3 Å². The first kappa shape index (κ1) is 23.0. The Balaban J connectivity index is 2.62. The van der Waals surface area contributed by atoms with Crippen molar-refractivity contribution in [3.05, 3.63) is 42.3 Å². The highest BCUT2D eigenvalue weighted by molar-refractivity contribution is 5.83. The highest BCUT2D eigenvalue weighted by Crippen LogP contribution is 2.24. The van der Waals surface area contributed by atoms with Gasteiger partial charge in [0.05, 0.1) is 12.7 Å². The molecule has 1 aromatic carbocycles. The first-order chi connectivity index (χ1) is 12.8. The lowest BCUT2D eigenvalue weighted by atomic mass is 9.88. The number of carbonyl (C=O) groups is 2. The van der Waals surface area contributed by atoms with Crippen LogP contribution in [0.4, 0.5) is 4.39 Å². The number of hydrogen-bond acceptors (Lipinski definition) is 4. The molecule has 0 fully saturated rings. The monoisotopic (exact) mass is 381 g/mol. The summed E-state index contributed by atoms with van der Waals surface area (Å²) in [5, 5.41) is 13.0. The van der Waals surface area contributed by atoms with Crippen molar-refractivity contribution in [2.75, 3.05) is 20.3 Å². The number of aliphatic hydroxyl groups excluding tert-OH is 1. The molecule has 3 atom stereocenters. The molecule has 151 valence electrons. The number of nitrogens with two attached hydrogens (primary N) is 1. The van der Waals surface area contributed by atoms with Gasteiger partial charge in [0.15, 0.2) is 5.67 Å². The molecule has 0 aromatic heterocycles. The minimum Gasteiger partial charge on any atom is -0.393 e. The highest BCUT2D eigenvalue weighted by Gasteiger charge is 2.33. The molecule has 0 bridgehead atoms. The molecule has 2 amide bonds. The average Bonchev–Trinajstić information content (AvgIpc) is 2.64. The lowest BCUT2D eigenvalue weighted by molar-refractivity contribution is -0.131. The minimum atomic E-state index is -2.19. The van der Waals surface area contributed by atoms with Crippen LogP contribution < -0.4 is 11.1 Å². The standard InChI is InChI=1S/C20H30FN2O4/c1-20(21,19(22)26)11-10-16(18(25)23-12-13-27-2)14-17(24)9-8-15-6-4-3-5-7-15/h3-7,9,16-17,24H,8,10-14H2,1-2H3,(H2,22,26)(H,23,25)/t16-,17+,20?/m1/s1. The number of aliphatic hydroxyl groups is 1. The molecule has 0 saturated heterocycles. The van der Waals surface area contributed by atoms with E-state index in [9.17, 15) is 19.1 Å². The van der Waals surface area contributed by atoms with Crippen LogP contribution in [0.25, 0.3) is 0 Å².